The monoisotopic (exact) mass is 206 g/mol. The van der Waals surface area contributed by atoms with E-state index < -0.39 is 10.0 Å². The first-order valence-electron chi connectivity index (χ1n) is 4.08. The predicted octanol–water partition coefficient (Wildman–Crippen LogP) is -0.986. The molecule has 1 N–H and O–H groups in total. The van der Waals surface area contributed by atoms with Crippen LogP contribution in [0.25, 0.3) is 0 Å². The molecular weight excluding hydrogens is 192 g/mol. The van der Waals surface area contributed by atoms with Crippen molar-refractivity contribution in [3.63, 3.8) is 0 Å². The van der Waals surface area contributed by atoms with E-state index in [1.165, 1.54) is 6.92 Å². The number of hydrogen-bond donors (Lipinski definition) is 1. The van der Waals surface area contributed by atoms with Crippen LogP contribution in [0.3, 0.4) is 0 Å². The van der Waals surface area contributed by atoms with Gasteiger partial charge < -0.3 is 4.90 Å². The Kier molecular flexibility index (Phi) is 2.92. The highest BCUT2D eigenvalue weighted by Crippen LogP contribution is 2.14. The summed E-state index contributed by atoms with van der Waals surface area (Å²) in [6, 6.07) is 0. The molecule has 13 heavy (non-hydrogen) atoms. The summed E-state index contributed by atoms with van der Waals surface area (Å²) < 4.78 is 23.8. The third-order valence-corrected chi connectivity index (χ3v) is 2.73. The molecule has 0 bridgehead atoms. The number of nitrogens with one attached hydrogen (secondary N) is 1. The summed E-state index contributed by atoms with van der Waals surface area (Å²) in [7, 11) is -3.09. The first-order valence-corrected chi connectivity index (χ1v) is 5.98. The topological polar surface area (TPSA) is 66.5 Å². The summed E-state index contributed by atoms with van der Waals surface area (Å²) >= 11 is 0. The van der Waals surface area contributed by atoms with E-state index in [2.05, 4.69) is 4.72 Å². The second kappa shape index (κ2) is 3.63. The van der Waals surface area contributed by atoms with E-state index in [1.54, 1.807) is 4.90 Å². The summed E-state index contributed by atoms with van der Waals surface area (Å²) in [5.74, 6) is 0.328. The van der Waals surface area contributed by atoms with Gasteiger partial charge in [-0.3, -0.25) is 4.79 Å². The molecule has 5 nitrogen and oxygen atoms in total. The molecule has 1 heterocycles. The van der Waals surface area contributed by atoms with E-state index in [4.69, 9.17) is 0 Å². The van der Waals surface area contributed by atoms with Gasteiger partial charge in [0, 0.05) is 32.5 Å². The molecule has 6 heteroatoms. The van der Waals surface area contributed by atoms with Crippen LogP contribution in [0.15, 0.2) is 0 Å². The van der Waals surface area contributed by atoms with Crippen molar-refractivity contribution in [3.8, 4) is 0 Å². The minimum atomic E-state index is -3.09. The van der Waals surface area contributed by atoms with Gasteiger partial charge in [-0.1, -0.05) is 0 Å². The molecule has 0 unspecified atom stereocenters. The maximum absolute atomic E-state index is 10.8. The van der Waals surface area contributed by atoms with Crippen LogP contribution in [0, 0.1) is 5.92 Å². The Labute approximate surface area is 78.2 Å². The van der Waals surface area contributed by atoms with Gasteiger partial charge in [0.2, 0.25) is 15.9 Å². The second-order valence-corrected chi connectivity index (χ2v) is 5.24. The number of carbonyl (C=O) groups is 1. The van der Waals surface area contributed by atoms with Crippen molar-refractivity contribution >= 4 is 15.9 Å². The van der Waals surface area contributed by atoms with E-state index in [-0.39, 0.29) is 11.8 Å². The lowest BCUT2D eigenvalue weighted by atomic mass is 10.0. The fourth-order valence-corrected chi connectivity index (χ4v) is 1.76. The van der Waals surface area contributed by atoms with Crippen LogP contribution in [0.1, 0.15) is 6.92 Å². The fraction of sp³-hybridized carbons (Fsp3) is 0.857. The molecule has 1 rings (SSSR count). The Balaban J connectivity index is 2.19. The van der Waals surface area contributed by atoms with Crippen molar-refractivity contribution in [3.05, 3.63) is 0 Å². The third-order valence-electron chi connectivity index (χ3n) is 2.04. The molecule has 1 aliphatic rings. The Morgan fingerprint density at radius 3 is 2.46 bits per heavy atom. The molecule has 0 aliphatic carbocycles. The molecule has 76 valence electrons. The first-order chi connectivity index (χ1) is 5.88. The van der Waals surface area contributed by atoms with E-state index in [0.717, 1.165) is 6.26 Å². The molecular formula is C7H14N2O3S. The zero-order valence-electron chi connectivity index (χ0n) is 7.78. The molecule has 1 fully saturated rings. The van der Waals surface area contributed by atoms with E-state index in [0.29, 0.717) is 19.6 Å². The average molecular weight is 206 g/mol. The Hall–Kier alpha value is -0.620. The maximum atomic E-state index is 10.8. The number of rotatable bonds is 3. The quantitative estimate of drug-likeness (QED) is 0.645. The van der Waals surface area contributed by atoms with Crippen molar-refractivity contribution in [2.24, 2.45) is 5.92 Å². The van der Waals surface area contributed by atoms with Gasteiger partial charge in [0.1, 0.15) is 0 Å². The summed E-state index contributed by atoms with van der Waals surface area (Å²) in [4.78, 5) is 12.4. The third kappa shape index (κ3) is 3.31. The molecule has 1 saturated heterocycles. The largest absolute Gasteiger partial charge is 0.342 e. The molecule has 0 radical (unpaired) electrons. The zero-order chi connectivity index (χ0) is 10.1. The van der Waals surface area contributed by atoms with E-state index in [1.807, 2.05) is 0 Å². The lowest BCUT2D eigenvalue weighted by Crippen LogP contribution is -2.52. The Morgan fingerprint density at radius 1 is 1.54 bits per heavy atom. The van der Waals surface area contributed by atoms with Crippen LogP contribution >= 0.6 is 0 Å². The maximum Gasteiger partial charge on any atom is 0.219 e. The van der Waals surface area contributed by atoms with Crippen LogP contribution in [0.4, 0.5) is 0 Å². The van der Waals surface area contributed by atoms with Gasteiger partial charge in [0.15, 0.2) is 0 Å². The van der Waals surface area contributed by atoms with Crippen molar-refractivity contribution in [1.82, 2.24) is 9.62 Å². The molecule has 1 aliphatic heterocycles. The molecule has 0 aromatic rings. The lowest BCUT2D eigenvalue weighted by molar-refractivity contribution is -0.134. The van der Waals surface area contributed by atoms with Crippen molar-refractivity contribution < 1.29 is 13.2 Å². The highest BCUT2D eigenvalue weighted by molar-refractivity contribution is 7.88. The number of hydrogen-bond acceptors (Lipinski definition) is 3. The molecule has 0 spiro atoms. The Bertz CT molecular complexity index is 293. The number of amides is 1. The van der Waals surface area contributed by atoms with Crippen LogP contribution in [0.2, 0.25) is 0 Å². The van der Waals surface area contributed by atoms with Gasteiger partial charge in [-0.2, -0.15) is 0 Å². The zero-order valence-corrected chi connectivity index (χ0v) is 8.60. The summed E-state index contributed by atoms with van der Waals surface area (Å²) in [5.41, 5.74) is 0. The minimum Gasteiger partial charge on any atom is -0.342 e. The number of carbonyl (C=O) groups excluding carboxylic acids is 1. The van der Waals surface area contributed by atoms with Gasteiger partial charge >= 0.3 is 0 Å². The number of sulfonamides is 1. The number of nitrogens with zero attached hydrogens (tertiary/aromatic N) is 1. The van der Waals surface area contributed by atoms with E-state index >= 15 is 0 Å². The SMILES string of the molecule is CC(=O)N1CC(CNS(C)(=O)=O)C1. The van der Waals surface area contributed by atoms with Gasteiger partial charge in [-0.15, -0.1) is 0 Å². The predicted molar refractivity (Wildman–Crippen MR) is 48.6 cm³/mol. The second-order valence-electron chi connectivity index (χ2n) is 3.41. The molecule has 0 aromatic carbocycles. The first kappa shape index (κ1) is 10.5. The van der Waals surface area contributed by atoms with Crippen LogP contribution in [-0.4, -0.2) is 45.1 Å². The summed E-state index contributed by atoms with van der Waals surface area (Å²) in [6.45, 7) is 3.28. The fourth-order valence-electron chi connectivity index (χ4n) is 1.23. The van der Waals surface area contributed by atoms with Crippen LogP contribution in [-0.2, 0) is 14.8 Å². The summed E-state index contributed by atoms with van der Waals surface area (Å²) in [5, 5.41) is 0. The van der Waals surface area contributed by atoms with Crippen molar-refractivity contribution in [2.45, 2.75) is 6.92 Å². The molecule has 0 aromatic heterocycles. The van der Waals surface area contributed by atoms with E-state index in [9.17, 15) is 13.2 Å². The Morgan fingerprint density at radius 2 is 2.08 bits per heavy atom. The molecule has 0 saturated carbocycles. The van der Waals surface area contributed by atoms with Gasteiger partial charge in [-0.25, -0.2) is 13.1 Å². The highest BCUT2D eigenvalue weighted by atomic mass is 32.2. The molecule has 1 amide bonds. The lowest BCUT2D eigenvalue weighted by Gasteiger charge is -2.38. The smallest absolute Gasteiger partial charge is 0.219 e. The number of likely N-dealkylation sites (tertiary alicyclic amines) is 1. The summed E-state index contributed by atoms with van der Waals surface area (Å²) in [6.07, 6.45) is 1.13. The normalized spacial score (nSPS) is 18.5. The van der Waals surface area contributed by atoms with Crippen LogP contribution in [0.5, 0.6) is 0 Å². The standard InChI is InChI=1S/C7H14N2O3S/c1-6(10)9-4-7(5-9)3-8-13(2,11)12/h7-8H,3-5H2,1-2H3. The van der Waals surface area contributed by atoms with Gasteiger partial charge in [0.25, 0.3) is 0 Å². The van der Waals surface area contributed by atoms with Crippen molar-refractivity contribution in [2.75, 3.05) is 25.9 Å². The average Bonchev–Trinajstić information content (AvgIpc) is 1.79. The highest BCUT2D eigenvalue weighted by Gasteiger charge is 2.28. The molecule has 0 atom stereocenters. The van der Waals surface area contributed by atoms with Gasteiger partial charge in [-0.05, 0) is 0 Å². The minimum absolute atomic E-state index is 0.0515. The van der Waals surface area contributed by atoms with Crippen LogP contribution < -0.4 is 4.72 Å². The van der Waals surface area contributed by atoms with Gasteiger partial charge in [0.05, 0.1) is 6.26 Å². The van der Waals surface area contributed by atoms with Crippen molar-refractivity contribution in [1.29, 1.82) is 0 Å².